The van der Waals surface area contributed by atoms with Gasteiger partial charge in [-0.1, -0.05) is 166 Å². The summed E-state index contributed by atoms with van der Waals surface area (Å²) in [5, 5.41) is 64.6. The highest BCUT2D eigenvalue weighted by Crippen LogP contribution is 2.23. The molecule has 0 spiro atoms. The highest BCUT2D eigenvalue weighted by atomic mass is 16.7. The third-order valence-corrected chi connectivity index (χ3v) is 10.5. The summed E-state index contributed by atoms with van der Waals surface area (Å²) in [5.74, 6) is -0.626. The Morgan fingerprint density at radius 2 is 1.23 bits per heavy atom. The maximum absolute atomic E-state index is 13.0. The van der Waals surface area contributed by atoms with E-state index in [4.69, 9.17) is 9.47 Å². The molecule has 1 aliphatic rings. The summed E-state index contributed by atoms with van der Waals surface area (Å²) in [6, 6.07) is -0.994. The van der Waals surface area contributed by atoms with Gasteiger partial charge in [0.15, 0.2) is 6.29 Å². The number of carbonyl (C=O) groups excluding carboxylic acids is 1. The molecule has 1 saturated heterocycles. The second-order valence-corrected chi connectivity index (χ2v) is 15.5. The van der Waals surface area contributed by atoms with Crippen molar-refractivity contribution in [3.8, 4) is 0 Å². The number of aliphatic hydroxyl groups is 6. The summed E-state index contributed by atoms with van der Waals surface area (Å²) >= 11 is 0. The van der Waals surface area contributed by atoms with Crippen LogP contribution in [-0.2, 0) is 14.3 Å². The van der Waals surface area contributed by atoms with Gasteiger partial charge in [0.05, 0.1) is 25.4 Å². The Labute approximate surface area is 322 Å². The number of nitrogens with one attached hydrogen (secondary N) is 1. The predicted molar refractivity (Wildman–Crippen MR) is 213 cm³/mol. The Morgan fingerprint density at radius 3 is 1.75 bits per heavy atom. The third-order valence-electron chi connectivity index (χ3n) is 10.5. The normalized spacial score (nSPS) is 22.7. The lowest BCUT2D eigenvalue weighted by atomic mass is 9.99. The maximum atomic E-state index is 13.0. The molecular weight excluding hydrogens is 674 g/mol. The van der Waals surface area contributed by atoms with Gasteiger partial charge in [0.2, 0.25) is 5.91 Å². The first-order valence-corrected chi connectivity index (χ1v) is 21.6. The van der Waals surface area contributed by atoms with Gasteiger partial charge in [-0.2, -0.15) is 0 Å². The van der Waals surface area contributed by atoms with Gasteiger partial charge in [-0.25, -0.2) is 0 Å². The molecule has 0 saturated carbocycles. The molecule has 0 aliphatic carbocycles. The number of amides is 1. The standard InChI is InChI=1S/C43H81NO9/c1-4-6-8-10-12-13-14-15-16-17-18-20-22-26-31-37(47)42(51)44-35(33-52-43-41(50)40(49)39(48)38(32-45)53-43)36(46)30-27-23-25-29-34(3)28-24-21-19-11-9-7-5-2/h27,29-30,35-41,43,45-50H,4-26,28,31-33H2,1-3H3,(H,44,51)/b30-27+,34-29+/t35-,36+,37+,38+,39-,40-,41+,43+/m0/s1. The second-order valence-electron chi connectivity index (χ2n) is 15.5. The smallest absolute Gasteiger partial charge is 0.249 e. The fraction of sp³-hybridized carbons (Fsp3) is 0.884. The van der Waals surface area contributed by atoms with Gasteiger partial charge < -0.3 is 45.4 Å². The minimum absolute atomic E-state index is 0.306. The molecule has 10 nitrogen and oxygen atoms in total. The summed E-state index contributed by atoms with van der Waals surface area (Å²) in [6.07, 6.45) is 24.9. The molecule has 53 heavy (non-hydrogen) atoms. The average Bonchev–Trinajstić information content (AvgIpc) is 3.15. The molecule has 1 fully saturated rings. The van der Waals surface area contributed by atoms with Gasteiger partial charge in [0.1, 0.15) is 30.5 Å². The van der Waals surface area contributed by atoms with Crippen molar-refractivity contribution in [1.29, 1.82) is 0 Å². The van der Waals surface area contributed by atoms with Crippen LogP contribution < -0.4 is 5.32 Å². The van der Waals surface area contributed by atoms with Crippen LogP contribution in [0.2, 0.25) is 0 Å². The summed E-state index contributed by atoms with van der Waals surface area (Å²) in [5.41, 5.74) is 1.36. The SMILES string of the molecule is CCCCCCCCCCCCCCCC[C@@H](O)C(=O)N[C@@H](CO[C@@H]1O[C@H](CO)[C@H](O)[C@H](O)[C@H]1O)[C@H](O)/C=C/CC/C=C(\C)CCCCCCCCC. The Kier molecular flexibility index (Phi) is 30.8. The van der Waals surface area contributed by atoms with Crippen LogP contribution in [0, 0.1) is 0 Å². The highest BCUT2D eigenvalue weighted by Gasteiger charge is 2.44. The maximum Gasteiger partial charge on any atom is 0.249 e. The minimum atomic E-state index is -1.61. The summed E-state index contributed by atoms with van der Waals surface area (Å²) < 4.78 is 11.1. The lowest BCUT2D eigenvalue weighted by Gasteiger charge is -2.40. The van der Waals surface area contributed by atoms with Crippen LogP contribution in [0.5, 0.6) is 0 Å². The van der Waals surface area contributed by atoms with Crippen molar-refractivity contribution in [1.82, 2.24) is 5.32 Å². The van der Waals surface area contributed by atoms with E-state index in [1.165, 1.54) is 115 Å². The van der Waals surface area contributed by atoms with Crippen LogP contribution in [0.4, 0.5) is 0 Å². The molecule has 1 heterocycles. The van der Waals surface area contributed by atoms with Crippen molar-refractivity contribution >= 4 is 5.91 Å². The van der Waals surface area contributed by atoms with Crippen LogP contribution in [-0.4, -0.2) is 98.7 Å². The Balaban J connectivity index is 2.54. The number of allylic oxidation sites excluding steroid dienone is 3. The van der Waals surface area contributed by atoms with E-state index in [0.717, 1.165) is 32.1 Å². The first-order chi connectivity index (χ1) is 25.7. The number of carbonyl (C=O) groups is 1. The molecule has 0 bridgehead atoms. The number of hydrogen-bond donors (Lipinski definition) is 7. The number of aliphatic hydroxyl groups excluding tert-OH is 6. The van der Waals surface area contributed by atoms with E-state index in [1.54, 1.807) is 6.08 Å². The van der Waals surface area contributed by atoms with Gasteiger partial charge in [-0.05, 0) is 39.0 Å². The Hall–Kier alpha value is -1.37. The Bertz CT molecular complexity index is 929. The first-order valence-electron chi connectivity index (χ1n) is 21.6. The summed E-state index contributed by atoms with van der Waals surface area (Å²) in [7, 11) is 0. The van der Waals surface area contributed by atoms with Crippen LogP contribution in [0.1, 0.15) is 181 Å². The van der Waals surface area contributed by atoms with Crippen molar-refractivity contribution in [2.24, 2.45) is 0 Å². The molecule has 0 aromatic rings. The van der Waals surface area contributed by atoms with Crippen LogP contribution >= 0.6 is 0 Å². The van der Waals surface area contributed by atoms with Gasteiger partial charge >= 0.3 is 0 Å². The third kappa shape index (κ3) is 24.0. The molecule has 1 aliphatic heterocycles. The fourth-order valence-electron chi connectivity index (χ4n) is 6.83. The summed E-state index contributed by atoms with van der Waals surface area (Å²) in [6.45, 7) is 5.72. The van der Waals surface area contributed by atoms with Gasteiger partial charge in [0, 0.05) is 0 Å². The molecule has 0 aromatic heterocycles. The van der Waals surface area contributed by atoms with E-state index in [-0.39, 0.29) is 6.61 Å². The van der Waals surface area contributed by atoms with Crippen molar-refractivity contribution in [2.45, 2.75) is 230 Å². The molecule has 8 atom stereocenters. The topological polar surface area (TPSA) is 169 Å². The van der Waals surface area contributed by atoms with Crippen LogP contribution in [0.15, 0.2) is 23.8 Å². The average molecular weight is 756 g/mol. The van der Waals surface area contributed by atoms with E-state index < -0.39 is 61.5 Å². The van der Waals surface area contributed by atoms with E-state index in [1.807, 2.05) is 6.08 Å². The van der Waals surface area contributed by atoms with E-state index in [9.17, 15) is 35.4 Å². The molecule has 1 amide bonds. The fourth-order valence-corrected chi connectivity index (χ4v) is 6.83. The molecule has 0 radical (unpaired) electrons. The Morgan fingerprint density at radius 1 is 0.717 bits per heavy atom. The number of rotatable bonds is 34. The number of ether oxygens (including phenoxy) is 2. The van der Waals surface area contributed by atoms with Crippen molar-refractivity contribution in [3.05, 3.63) is 23.8 Å². The van der Waals surface area contributed by atoms with Crippen LogP contribution in [0.25, 0.3) is 0 Å². The van der Waals surface area contributed by atoms with Crippen molar-refractivity contribution in [2.75, 3.05) is 13.2 Å². The van der Waals surface area contributed by atoms with Gasteiger partial charge in [-0.15, -0.1) is 0 Å². The molecule has 7 N–H and O–H groups in total. The minimum Gasteiger partial charge on any atom is -0.394 e. The molecule has 312 valence electrons. The second kappa shape index (κ2) is 32.8. The van der Waals surface area contributed by atoms with Crippen molar-refractivity contribution < 1.29 is 44.9 Å². The lowest BCUT2D eigenvalue weighted by molar-refractivity contribution is -0.302. The van der Waals surface area contributed by atoms with Gasteiger partial charge in [0.25, 0.3) is 0 Å². The zero-order chi connectivity index (χ0) is 39.1. The van der Waals surface area contributed by atoms with Gasteiger partial charge in [-0.3, -0.25) is 4.79 Å². The number of hydrogen-bond acceptors (Lipinski definition) is 9. The molecule has 0 aromatic carbocycles. The largest absolute Gasteiger partial charge is 0.394 e. The number of unbranched alkanes of at least 4 members (excludes halogenated alkanes) is 20. The zero-order valence-electron chi connectivity index (χ0n) is 33.9. The van der Waals surface area contributed by atoms with Crippen molar-refractivity contribution in [3.63, 3.8) is 0 Å². The summed E-state index contributed by atoms with van der Waals surface area (Å²) in [4.78, 5) is 13.0. The molecule has 1 rings (SSSR count). The predicted octanol–water partition coefficient (Wildman–Crippen LogP) is 7.30. The van der Waals surface area contributed by atoms with E-state index in [2.05, 4.69) is 32.2 Å². The quantitative estimate of drug-likeness (QED) is 0.0263. The monoisotopic (exact) mass is 756 g/mol. The lowest BCUT2D eigenvalue weighted by Crippen LogP contribution is -2.60. The molecular formula is C43H81NO9. The van der Waals surface area contributed by atoms with E-state index >= 15 is 0 Å². The van der Waals surface area contributed by atoms with E-state index in [0.29, 0.717) is 19.3 Å². The first kappa shape index (κ1) is 49.6. The molecule has 10 heteroatoms. The molecule has 0 unspecified atom stereocenters. The highest BCUT2D eigenvalue weighted by molar-refractivity contribution is 5.80. The van der Waals surface area contributed by atoms with Crippen LogP contribution in [0.3, 0.4) is 0 Å². The zero-order valence-corrected chi connectivity index (χ0v) is 33.9.